The van der Waals surface area contributed by atoms with Gasteiger partial charge in [-0.05, 0) is 41.8 Å². The number of furan rings is 1. The van der Waals surface area contributed by atoms with Crippen LogP contribution in [-0.2, 0) is 17.8 Å². The summed E-state index contributed by atoms with van der Waals surface area (Å²) >= 11 is 0. The lowest BCUT2D eigenvalue weighted by molar-refractivity contribution is 0.0561. The van der Waals surface area contributed by atoms with Crippen molar-refractivity contribution in [3.63, 3.8) is 0 Å². The quantitative estimate of drug-likeness (QED) is 0.637. The number of carbonyl (C=O) groups is 1. The normalized spacial score (nSPS) is 10.4. The van der Waals surface area contributed by atoms with Crippen molar-refractivity contribution < 1.29 is 18.7 Å². The predicted octanol–water partition coefficient (Wildman–Crippen LogP) is 4.24. The first kappa shape index (κ1) is 15.9. The molecule has 0 bridgehead atoms. The summed E-state index contributed by atoms with van der Waals surface area (Å²) in [5.41, 5.74) is 2.50. The van der Waals surface area contributed by atoms with Crippen molar-refractivity contribution in [3.8, 4) is 5.75 Å². The summed E-state index contributed by atoms with van der Waals surface area (Å²) < 4.78 is 15.6. The van der Waals surface area contributed by atoms with E-state index in [-0.39, 0.29) is 12.4 Å². The van der Waals surface area contributed by atoms with Crippen LogP contribution < -0.4 is 4.74 Å². The standard InChI is InChI=1S/C20H18O4/c1-22-20(21)19-12-11-18(24-19)14-23-17-9-7-16(8-10-17)13-15-5-3-2-4-6-15/h2-12H,13-14H2,1H3. The monoisotopic (exact) mass is 322 g/mol. The highest BCUT2D eigenvalue weighted by atomic mass is 16.5. The molecule has 2 aromatic carbocycles. The maximum atomic E-state index is 11.3. The highest BCUT2D eigenvalue weighted by Gasteiger charge is 2.11. The summed E-state index contributed by atoms with van der Waals surface area (Å²) in [6.07, 6.45) is 0.891. The summed E-state index contributed by atoms with van der Waals surface area (Å²) in [5, 5.41) is 0. The van der Waals surface area contributed by atoms with Crippen LogP contribution in [0.15, 0.2) is 71.1 Å². The van der Waals surface area contributed by atoms with Crippen LogP contribution in [0.4, 0.5) is 0 Å². The first-order chi connectivity index (χ1) is 11.7. The molecule has 0 aliphatic heterocycles. The number of esters is 1. The molecule has 0 unspecified atom stereocenters. The molecule has 4 heteroatoms. The van der Waals surface area contributed by atoms with Gasteiger partial charge in [0.05, 0.1) is 7.11 Å². The summed E-state index contributed by atoms with van der Waals surface area (Å²) in [6, 6.07) is 21.6. The van der Waals surface area contributed by atoms with Crippen LogP contribution in [0.5, 0.6) is 5.75 Å². The van der Waals surface area contributed by atoms with E-state index in [1.165, 1.54) is 18.2 Å². The Morgan fingerprint density at radius 3 is 2.33 bits per heavy atom. The summed E-state index contributed by atoms with van der Waals surface area (Å²) in [5.74, 6) is 1.01. The molecule has 0 saturated carbocycles. The van der Waals surface area contributed by atoms with Crippen LogP contribution in [0.2, 0.25) is 0 Å². The molecule has 0 aliphatic carbocycles. The molecule has 122 valence electrons. The van der Waals surface area contributed by atoms with E-state index in [1.807, 2.05) is 42.5 Å². The Labute approximate surface area is 140 Å². The van der Waals surface area contributed by atoms with Crippen molar-refractivity contribution in [3.05, 3.63) is 89.4 Å². The minimum atomic E-state index is -0.494. The van der Waals surface area contributed by atoms with Crippen LogP contribution in [0.1, 0.15) is 27.4 Å². The number of methoxy groups -OCH3 is 1. The molecule has 1 aromatic heterocycles. The Kier molecular flexibility index (Phi) is 4.96. The predicted molar refractivity (Wildman–Crippen MR) is 90.1 cm³/mol. The molecule has 0 spiro atoms. The summed E-state index contributed by atoms with van der Waals surface area (Å²) in [6.45, 7) is 0.259. The van der Waals surface area contributed by atoms with Gasteiger partial charge in [0.15, 0.2) is 0 Å². The second-order valence-corrected chi connectivity index (χ2v) is 5.35. The number of benzene rings is 2. The third-order valence-corrected chi connectivity index (χ3v) is 3.60. The molecule has 3 rings (SSSR count). The van der Waals surface area contributed by atoms with E-state index in [1.54, 1.807) is 12.1 Å². The van der Waals surface area contributed by atoms with E-state index in [9.17, 15) is 4.79 Å². The molecular weight excluding hydrogens is 304 g/mol. The van der Waals surface area contributed by atoms with Gasteiger partial charge < -0.3 is 13.9 Å². The second-order valence-electron chi connectivity index (χ2n) is 5.35. The molecule has 0 saturated heterocycles. The molecule has 0 N–H and O–H groups in total. The smallest absolute Gasteiger partial charge is 0.373 e. The van der Waals surface area contributed by atoms with Gasteiger partial charge in [-0.15, -0.1) is 0 Å². The maximum absolute atomic E-state index is 11.3. The minimum Gasteiger partial charge on any atom is -0.486 e. The van der Waals surface area contributed by atoms with E-state index >= 15 is 0 Å². The highest BCUT2D eigenvalue weighted by molar-refractivity contribution is 5.86. The van der Waals surface area contributed by atoms with Crippen molar-refractivity contribution >= 4 is 5.97 Å². The van der Waals surface area contributed by atoms with Crippen LogP contribution in [0, 0.1) is 0 Å². The van der Waals surface area contributed by atoms with E-state index in [2.05, 4.69) is 16.9 Å². The Hall–Kier alpha value is -3.01. The molecule has 0 amide bonds. The Bertz CT molecular complexity index is 788. The van der Waals surface area contributed by atoms with Gasteiger partial charge in [-0.3, -0.25) is 0 Å². The first-order valence-electron chi connectivity index (χ1n) is 7.67. The average molecular weight is 322 g/mol. The van der Waals surface area contributed by atoms with Crippen LogP contribution in [-0.4, -0.2) is 13.1 Å². The highest BCUT2D eigenvalue weighted by Crippen LogP contribution is 2.17. The number of carbonyl (C=O) groups excluding carboxylic acids is 1. The Morgan fingerprint density at radius 1 is 0.917 bits per heavy atom. The lowest BCUT2D eigenvalue weighted by atomic mass is 10.1. The number of rotatable bonds is 6. The molecule has 0 fully saturated rings. The van der Waals surface area contributed by atoms with Crippen molar-refractivity contribution in [2.45, 2.75) is 13.0 Å². The maximum Gasteiger partial charge on any atom is 0.373 e. The third-order valence-electron chi connectivity index (χ3n) is 3.60. The molecule has 24 heavy (non-hydrogen) atoms. The molecule has 3 aromatic rings. The average Bonchev–Trinajstić information content (AvgIpc) is 3.10. The number of hydrogen-bond donors (Lipinski definition) is 0. The lowest BCUT2D eigenvalue weighted by Crippen LogP contribution is -1.99. The van der Waals surface area contributed by atoms with Gasteiger partial charge in [0.1, 0.15) is 18.1 Å². The number of ether oxygens (including phenoxy) is 2. The van der Waals surface area contributed by atoms with Gasteiger partial charge in [-0.2, -0.15) is 0 Å². The molecule has 0 atom stereocenters. The molecule has 0 radical (unpaired) electrons. The van der Waals surface area contributed by atoms with Crippen LogP contribution in [0.3, 0.4) is 0 Å². The van der Waals surface area contributed by atoms with E-state index in [0.717, 1.165) is 12.2 Å². The lowest BCUT2D eigenvalue weighted by Gasteiger charge is -2.06. The van der Waals surface area contributed by atoms with E-state index in [4.69, 9.17) is 9.15 Å². The van der Waals surface area contributed by atoms with Crippen molar-refractivity contribution in [2.75, 3.05) is 7.11 Å². The van der Waals surface area contributed by atoms with Crippen LogP contribution in [0.25, 0.3) is 0 Å². The van der Waals surface area contributed by atoms with Gasteiger partial charge in [0.25, 0.3) is 0 Å². The fourth-order valence-electron chi connectivity index (χ4n) is 2.36. The van der Waals surface area contributed by atoms with E-state index < -0.39 is 5.97 Å². The zero-order chi connectivity index (χ0) is 16.8. The summed E-state index contributed by atoms with van der Waals surface area (Å²) in [4.78, 5) is 11.3. The van der Waals surface area contributed by atoms with Gasteiger partial charge in [0.2, 0.25) is 5.76 Å². The Balaban J connectivity index is 1.56. The third kappa shape index (κ3) is 4.04. The minimum absolute atomic E-state index is 0.175. The fraction of sp³-hybridized carbons (Fsp3) is 0.150. The zero-order valence-corrected chi connectivity index (χ0v) is 13.4. The van der Waals surface area contributed by atoms with Gasteiger partial charge in [-0.25, -0.2) is 4.79 Å². The van der Waals surface area contributed by atoms with Gasteiger partial charge in [-0.1, -0.05) is 42.5 Å². The van der Waals surface area contributed by atoms with Gasteiger partial charge >= 0.3 is 5.97 Å². The molecule has 1 heterocycles. The molecule has 4 nitrogen and oxygen atoms in total. The number of hydrogen-bond acceptors (Lipinski definition) is 4. The summed E-state index contributed by atoms with van der Waals surface area (Å²) in [7, 11) is 1.32. The zero-order valence-electron chi connectivity index (χ0n) is 13.4. The van der Waals surface area contributed by atoms with Crippen molar-refractivity contribution in [1.82, 2.24) is 0 Å². The van der Waals surface area contributed by atoms with Gasteiger partial charge in [0, 0.05) is 0 Å². The second kappa shape index (κ2) is 7.51. The van der Waals surface area contributed by atoms with E-state index in [0.29, 0.717) is 5.76 Å². The first-order valence-corrected chi connectivity index (χ1v) is 7.67. The largest absolute Gasteiger partial charge is 0.486 e. The topological polar surface area (TPSA) is 48.7 Å². The van der Waals surface area contributed by atoms with Crippen molar-refractivity contribution in [2.24, 2.45) is 0 Å². The fourth-order valence-corrected chi connectivity index (χ4v) is 2.36. The van der Waals surface area contributed by atoms with Crippen molar-refractivity contribution in [1.29, 1.82) is 0 Å². The molecule has 0 aliphatic rings. The Morgan fingerprint density at radius 2 is 1.62 bits per heavy atom. The SMILES string of the molecule is COC(=O)c1ccc(COc2ccc(Cc3ccccc3)cc2)o1. The molecular formula is C20H18O4. The van der Waals surface area contributed by atoms with Crippen LogP contribution >= 0.6 is 0 Å².